The normalized spacial score (nSPS) is 11.8. The molecular formula is C20H20FN3O4. The van der Waals surface area contributed by atoms with Crippen LogP contribution in [0.4, 0.5) is 4.39 Å². The Bertz CT molecular complexity index is 968. The molecule has 0 aliphatic carbocycles. The summed E-state index contributed by atoms with van der Waals surface area (Å²) in [4.78, 5) is 24.4. The van der Waals surface area contributed by atoms with Gasteiger partial charge in [0.25, 0.3) is 11.5 Å². The van der Waals surface area contributed by atoms with E-state index in [4.69, 9.17) is 9.15 Å². The Balaban J connectivity index is 1.66. The minimum atomic E-state index is -0.761. The number of furan rings is 1. The van der Waals surface area contributed by atoms with Crippen molar-refractivity contribution in [2.75, 3.05) is 6.54 Å². The van der Waals surface area contributed by atoms with E-state index in [9.17, 15) is 14.0 Å². The average molecular weight is 385 g/mol. The lowest BCUT2D eigenvalue weighted by Gasteiger charge is -2.17. The van der Waals surface area contributed by atoms with Crippen molar-refractivity contribution in [3.8, 4) is 11.6 Å². The molecule has 1 unspecified atom stereocenters. The van der Waals surface area contributed by atoms with Crippen LogP contribution < -0.4 is 15.6 Å². The van der Waals surface area contributed by atoms with Gasteiger partial charge in [-0.3, -0.25) is 9.59 Å². The quantitative estimate of drug-likeness (QED) is 0.644. The molecule has 3 rings (SSSR count). The van der Waals surface area contributed by atoms with Gasteiger partial charge in [-0.15, -0.1) is 5.10 Å². The van der Waals surface area contributed by atoms with Crippen molar-refractivity contribution in [3.63, 3.8) is 0 Å². The van der Waals surface area contributed by atoms with E-state index in [1.54, 1.807) is 12.3 Å². The van der Waals surface area contributed by atoms with Crippen LogP contribution in [-0.4, -0.2) is 28.3 Å². The first-order valence-electron chi connectivity index (χ1n) is 8.90. The van der Waals surface area contributed by atoms with Crippen LogP contribution in [0.1, 0.15) is 19.1 Å². The van der Waals surface area contributed by atoms with Crippen molar-refractivity contribution < 1.29 is 18.3 Å². The van der Waals surface area contributed by atoms with E-state index < -0.39 is 17.5 Å². The summed E-state index contributed by atoms with van der Waals surface area (Å²) in [6.45, 7) is 2.22. The number of benzene rings is 1. The number of hydrogen-bond donors (Lipinski definition) is 1. The van der Waals surface area contributed by atoms with Crippen molar-refractivity contribution in [1.82, 2.24) is 15.1 Å². The fraction of sp³-hybridized carbons (Fsp3) is 0.250. The molecule has 7 nitrogen and oxygen atoms in total. The minimum Gasteiger partial charge on any atom is -0.469 e. The smallest absolute Gasteiger partial charge is 0.271 e. The van der Waals surface area contributed by atoms with Crippen LogP contribution in [-0.2, 0) is 11.2 Å². The molecule has 2 heterocycles. The second-order valence-electron chi connectivity index (χ2n) is 6.03. The molecule has 1 N–H and O–H groups in total. The Morgan fingerprint density at radius 2 is 2.04 bits per heavy atom. The highest BCUT2D eigenvalue weighted by Gasteiger charge is 2.19. The van der Waals surface area contributed by atoms with Gasteiger partial charge in [0.2, 0.25) is 5.88 Å². The van der Waals surface area contributed by atoms with Gasteiger partial charge in [-0.25, -0.2) is 4.39 Å². The van der Waals surface area contributed by atoms with E-state index in [1.807, 2.05) is 13.0 Å². The topological polar surface area (TPSA) is 86.4 Å². The highest BCUT2D eigenvalue weighted by molar-refractivity contribution is 5.81. The van der Waals surface area contributed by atoms with Crippen LogP contribution in [0.5, 0.6) is 5.88 Å². The predicted molar refractivity (Wildman–Crippen MR) is 99.9 cm³/mol. The molecule has 0 fully saturated rings. The molecule has 1 aromatic carbocycles. The van der Waals surface area contributed by atoms with Gasteiger partial charge < -0.3 is 14.5 Å². The predicted octanol–water partition coefficient (Wildman–Crippen LogP) is 2.48. The number of amides is 1. The molecular weight excluding hydrogens is 365 g/mol. The van der Waals surface area contributed by atoms with E-state index in [0.29, 0.717) is 25.1 Å². The van der Waals surface area contributed by atoms with Gasteiger partial charge in [-0.2, -0.15) is 4.68 Å². The number of carbonyl (C=O) groups excluding carboxylic acids is 1. The van der Waals surface area contributed by atoms with Gasteiger partial charge >= 0.3 is 0 Å². The third kappa shape index (κ3) is 4.85. The first-order valence-corrected chi connectivity index (χ1v) is 8.90. The van der Waals surface area contributed by atoms with Gasteiger partial charge in [-0.05, 0) is 42.8 Å². The third-order valence-electron chi connectivity index (χ3n) is 4.02. The van der Waals surface area contributed by atoms with E-state index in [0.717, 1.165) is 10.4 Å². The third-order valence-corrected chi connectivity index (χ3v) is 4.02. The Kier molecular flexibility index (Phi) is 6.21. The van der Waals surface area contributed by atoms with E-state index in [2.05, 4.69) is 10.4 Å². The SMILES string of the molecule is CCC(Oc1ccc(=O)n(-c2ccc(F)cc2)n1)C(=O)NCCc1ccco1. The second kappa shape index (κ2) is 8.98. The lowest BCUT2D eigenvalue weighted by molar-refractivity contribution is -0.128. The van der Waals surface area contributed by atoms with Crippen LogP contribution in [0.25, 0.3) is 5.69 Å². The van der Waals surface area contributed by atoms with Crippen molar-refractivity contribution in [3.05, 3.63) is 76.7 Å². The lowest BCUT2D eigenvalue weighted by Crippen LogP contribution is -2.39. The summed E-state index contributed by atoms with van der Waals surface area (Å²) in [5.41, 5.74) is 0.00250. The number of halogens is 1. The Labute approximate surface area is 160 Å². The summed E-state index contributed by atoms with van der Waals surface area (Å²) in [6.07, 6.45) is 1.81. The second-order valence-corrected chi connectivity index (χ2v) is 6.03. The van der Waals surface area contributed by atoms with Crippen LogP contribution in [0, 0.1) is 5.82 Å². The molecule has 0 saturated heterocycles. The molecule has 3 aromatic rings. The molecule has 0 aliphatic rings. The van der Waals surface area contributed by atoms with Gasteiger partial charge in [0, 0.05) is 25.1 Å². The summed E-state index contributed by atoms with van der Waals surface area (Å²) >= 11 is 0. The molecule has 8 heteroatoms. The van der Waals surface area contributed by atoms with Crippen molar-refractivity contribution in [2.45, 2.75) is 25.9 Å². The van der Waals surface area contributed by atoms with E-state index >= 15 is 0 Å². The zero-order valence-corrected chi connectivity index (χ0v) is 15.3. The first-order chi connectivity index (χ1) is 13.6. The Hall–Kier alpha value is -3.42. The van der Waals surface area contributed by atoms with Gasteiger partial charge in [0.05, 0.1) is 12.0 Å². The van der Waals surface area contributed by atoms with Crippen LogP contribution in [0.15, 0.2) is 64.0 Å². The number of aromatic nitrogens is 2. The number of hydrogen-bond acceptors (Lipinski definition) is 5. The fourth-order valence-electron chi connectivity index (χ4n) is 2.57. The lowest BCUT2D eigenvalue weighted by atomic mass is 10.2. The van der Waals surface area contributed by atoms with Crippen LogP contribution in [0.2, 0.25) is 0 Å². The maximum absolute atomic E-state index is 13.1. The molecule has 0 saturated carbocycles. The van der Waals surface area contributed by atoms with Gasteiger partial charge in [-0.1, -0.05) is 6.92 Å². The molecule has 1 amide bonds. The largest absolute Gasteiger partial charge is 0.469 e. The highest BCUT2D eigenvalue weighted by Crippen LogP contribution is 2.11. The molecule has 1 atom stereocenters. The van der Waals surface area contributed by atoms with Crippen molar-refractivity contribution in [1.29, 1.82) is 0 Å². The van der Waals surface area contributed by atoms with Crippen LogP contribution >= 0.6 is 0 Å². The van der Waals surface area contributed by atoms with Gasteiger partial charge in [0.1, 0.15) is 11.6 Å². The summed E-state index contributed by atoms with van der Waals surface area (Å²) < 4.78 is 25.1. The summed E-state index contributed by atoms with van der Waals surface area (Å²) in [5.74, 6) is 0.205. The maximum Gasteiger partial charge on any atom is 0.271 e. The molecule has 2 aromatic heterocycles. The highest BCUT2D eigenvalue weighted by atomic mass is 19.1. The first kappa shape index (κ1) is 19.3. The number of nitrogens with zero attached hydrogens (tertiary/aromatic N) is 2. The Morgan fingerprint density at radius 3 is 2.71 bits per heavy atom. The maximum atomic E-state index is 13.1. The van der Waals surface area contributed by atoms with Crippen molar-refractivity contribution >= 4 is 5.91 Å². The zero-order valence-electron chi connectivity index (χ0n) is 15.3. The molecule has 0 aliphatic heterocycles. The van der Waals surface area contributed by atoms with E-state index in [1.165, 1.54) is 36.4 Å². The summed E-state index contributed by atoms with van der Waals surface area (Å²) in [5, 5.41) is 6.92. The standard InChI is InChI=1S/C20H20FN3O4/c1-2-17(20(26)22-12-11-16-4-3-13-27-16)28-18-9-10-19(25)24(23-18)15-7-5-14(21)6-8-15/h3-10,13,17H,2,11-12H2,1H3,(H,22,26). The van der Waals surface area contributed by atoms with E-state index in [-0.39, 0.29) is 11.8 Å². The van der Waals surface area contributed by atoms with Crippen molar-refractivity contribution in [2.24, 2.45) is 0 Å². The summed E-state index contributed by atoms with van der Waals surface area (Å²) in [7, 11) is 0. The average Bonchev–Trinajstić information content (AvgIpc) is 3.21. The zero-order chi connectivity index (χ0) is 19.9. The molecule has 0 bridgehead atoms. The molecule has 28 heavy (non-hydrogen) atoms. The fourth-order valence-corrected chi connectivity index (χ4v) is 2.57. The van der Waals surface area contributed by atoms with Crippen LogP contribution in [0.3, 0.4) is 0 Å². The molecule has 0 spiro atoms. The number of carbonyl (C=O) groups is 1. The number of nitrogens with one attached hydrogen (secondary N) is 1. The Morgan fingerprint density at radius 1 is 1.25 bits per heavy atom. The minimum absolute atomic E-state index is 0.122. The monoisotopic (exact) mass is 385 g/mol. The molecule has 146 valence electrons. The summed E-state index contributed by atoms with van der Waals surface area (Å²) in [6, 6.07) is 11.7. The van der Waals surface area contributed by atoms with Gasteiger partial charge in [0.15, 0.2) is 6.10 Å². The number of rotatable bonds is 8. The molecule has 0 radical (unpaired) electrons. The number of ether oxygens (including phenoxy) is 1.